The summed E-state index contributed by atoms with van der Waals surface area (Å²) in [5, 5.41) is 2.87. The average molecular weight is 461 g/mol. The topological polar surface area (TPSA) is 58.6 Å². The molecule has 0 aromatic heterocycles. The minimum Gasteiger partial charge on any atom is -0.483 e. The molecule has 0 aliphatic carbocycles. The Morgan fingerprint density at radius 2 is 1.93 bits per heavy atom. The maximum absolute atomic E-state index is 13.0. The lowest BCUT2D eigenvalue weighted by Gasteiger charge is -2.29. The summed E-state index contributed by atoms with van der Waals surface area (Å²) in [6.07, 6.45) is 0.841. The van der Waals surface area contributed by atoms with Crippen LogP contribution in [0.3, 0.4) is 0 Å². The first-order valence-corrected chi connectivity index (χ1v) is 10.6. The summed E-state index contributed by atoms with van der Waals surface area (Å²) < 4.78 is 6.73. The van der Waals surface area contributed by atoms with Crippen molar-refractivity contribution in [3.05, 3.63) is 63.6 Å². The molecule has 1 atom stereocenters. The standard InChI is InChI=1S/C23H29BrN2O3/c1-5-11-25-23(28)18(4)26(14-19-7-6-8-20(24)13-19)22(27)15-29-21-12-16(2)9-10-17(21)3/h6-10,12-13,18H,5,11,14-15H2,1-4H3,(H,25,28). The molecule has 0 radical (unpaired) electrons. The van der Waals surface area contributed by atoms with Gasteiger partial charge in [-0.25, -0.2) is 0 Å². The number of carbonyl (C=O) groups is 2. The van der Waals surface area contributed by atoms with E-state index < -0.39 is 6.04 Å². The van der Waals surface area contributed by atoms with Crippen LogP contribution in [0.2, 0.25) is 0 Å². The predicted molar refractivity (Wildman–Crippen MR) is 119 cm³/mol. The summed E-state index contributed by atoms with van der Waals surface area (Å²) in [5.41, 5.74) is 2.97. The van der Waals surface area contributed by atoms with Crippen LogP contribution in [0.15, 0.2) is 46.9 Å². The molecule has 5 nitrogen and oxygen atoms in total. The second-order valence-electron chi connectivity index (χ2n) is 7.18. The molecule has 2 rings (SSSR count). The number of hydrogen-bond donors (Lipinski definition) is 1. The van der Waals surface area contributed by atoms with Crippen LogP contribution in [0, 0.1) is 13.8 Å². The fraction of sp³-hybridized carbons (Fsp3) is 0.391. The van der Waals surface area contributed by atoms with Gasteiger partial charge in [-0.2, -0.15) is 0 Å². The molecule has 0 saturated heterocycles. The van der Waals surface area contributed by atoms with Gasteiger partial charge in [-0.3, -0.25) is 9.59 Å². The molecule has 2 aromatic carbocycles. The van der Waals surface area contributed by atoms with Crippen molar-refractivity contribution in [2.45, 2.75) is 46.7 Å². The van der Waals surface area contributed by atoms with Gasteiger partial charge in [0.25, 0.3) is 5.91 Å². The normalized spacial score (nSPS) is 11.6. The van der Waals surface area contributed by atoms with E-state index in [0.29, 0.717) is 18.8 Å². The van der Waals surface area contributed by atoms with Gasteiger partial charge in [0.1, 0.15) is 11.8 Å². The minimum absolute atomic E-state index is 0.121. The highest BCUT2D eigenvalue weighted by atomic mass is 79.9. The number of halogens is 1. The summed E-state index contributed by atoms with van der Waals surface area (Å²) in [6.45, 7) is 8.46. The van der Waals surface area contributed by atoms with Crippen LogP contribution in [-0.4, -0.2) is 35.9 Å². The Balaban J connectivity index is 2.16. The minimum atomic E-state index is -0.602. The first-order valence-electron chi connectivity index (χ1n) is 9.83. The summed E-state index contributed by atoms with van der Waals surface area (Å²) in [5.74, 6) is 0.288. The fourth-order valence-corrected chi connectivity index (χ4v) is 3.34. The van der Waals surface area contributed by atoms with Crippen molar-refractivity contribution in [1.82, 2.24) is 10.2 Å². The lowest BCUT2D eigenvalue weighted by Crippen LogP contribution is -2.49. The molecule has 0 aliphatic heterocycles. The van der Waals surface area contributed by atoms with E-state index in [-0.39, 0.29) is 18.4 Å². The predicted octanol–water partition coefficient (Wildman–Crippen LogP) is 4.39. The van der Waals surface area contributed by atoms with Crippen LogP contribution in [0.1, 0.15) is 37.0 Å². The van der Waals surface area contributed by atoms with E-state index in [1.807, 2.05) is 63.2 Å². The van der Waals surface area contributed by atoms with Gasteiger partial charge in [0.2, 0.25) is 5.91 Å². The molecule has 0 saturated carbocycles. The third kappa shape index (κ3) is 6.89. The maximum Gasteiger partial charge on any atom is 0.261 e. The van der Waals surface area contributed by atoms with Crippen molar-refractivity contribution in [2.75, 3.05) is 13.2 Å². The Morgan fingerprint density at radius 1 is 1.17 bits per heavy atom. The second-order valence-corrected chi connectivity index (χ2v) is 8.09. The molecule has 0 heterocycles. The molecule has 2 amide bonds. The SMILES string of the molecule is CCCNC(=O)C(C)N(Cc1cccc(Br)c1)C(=O)COc1cc(C)ccc1C. The fourth-order valence-electron chi connectivity index (χ4n) is 2.90. The molecular weight excluding hydrogens is 432 g/mol. The number of nitrogens with one attached hydrogen (secondary N) is 1. The first-order chi connectivity index (χ1) is 13.8. The Kier molecular flexibility index (Phi) is 8.70. The smallest absolute Gasteiger partial charge is 0.261 e. The van der Waals surface area contributed by atoms with E-state index in [0.717, 1.165) is 27.6 Å². The molecular formula is C23H29BrN2O3. The number of carbonyl (C=O) groups excluding carboxylic acids is 2. The zero-order valence-electron chi connectivity index (χ0n) is 17.5. The summed E-state index contributed by atoms with van der Waals surface area (Å²) in [6, 6.07) is 13.0. The van der Waals surface area contributed by atoms with Crippen molar-refractivity contribution in [3.8, 4) is 5.75 Å². The largest absolute Gasteiger partial charge is 0.483 e. The first kappa shape index (κ1) is 22.9. The number of rotatable bonds is 9. The molecule has 156 valence electrons. The van der Waals surface area contributed by atoms with Crippen molar-refractivity contribution in [3.63, 3.8) is 0 Å². The van der Waals surface area contributed by atoms with E-state index in [2.05, 4.69) is 21.2 Å². The number of amides is 2. The zero-order chi connectivity index (χ0) is 21.4. The van der Waals surface area contributed by atoms with Crippen LogP contribution in [0.4, 0.5) is 0 Å². The van der Waals surface area contributed by atoms with Crippen LogP contribution < -0.4 is 10.1 Å². The van der Waals surface area contributed by atoms with Gasteiger partial charge >= 0.3 is 0 Å². The number of nitrogens with zero attached hydrogens (tertiary/aromatic N) is 1. The van der Waals surface area contributed by atoms with E-state index in [9.17, 15) is 9.59 Å². The van der Waals surface area contributed by atoms with Gasteiger partial charge < -0.3 is 15.0 Å². The van der Waals surface area contributed by atoms with Crippen LogP contribution in [0.5, 0.6) is 5.75 Å². The van der Waals surface area contributed by atoms with Crippen molar-refractivity contribution < 1.29 is 14.3 Å². The molecule has 1 N–H and O–H groups in total. The Bertz CT molecular complexity index is 854. The highest BCUT2D eigenvalue weighted by molar-refractivity contribution is 9.10. The number of benzene rings is 2. The number of ether oxygens (including phenoxy) is 1. The lowest BCUT2D eigenvalue weighted by atomic mass is 10.1. The lowest BCUT2D eigenvalue weighted by molar-refractivity contribution is -0.142. The molecule has 29 heavy (non-hydrogen) atoms. The number of aryl methyl sites for hydroxylation is 2. The van der Waals surface area contributed by atoms with Gasteiger partial charge in [-0.1, -0.05) is 47.1 Å². The molecule has 1 unspecified atom stereocenters. The molecule has 0 spiro atoms. The van der Waals surface area contributed by atoms with Crippen LogP contribution >= 0.6 is 15.9 Å². The van der Waals surface area contributed by atoms with E-state index in [4.69, 9.17) is 4.74 Å². The highest BCUT2D eigenvalue weighted by Gasteiger charge is 2.26. The summed E-state index contributed by atoms with van der Waals surface area (Å²) in [4.78, 5) is 27.1. The van der Waals surface area contributed by atoms with E-state index in [1.165, 1.54) is 0 Å². The maximum atomic E-state index is 13.0. The third-order valence-corrected chi connectivity index (χ3v) is 5.15. The van der Waals surface area contributed by atoms with Crippen LogP contribution in [0.25, 0.3) is 0 Å². The molecule has 0 aliphatic rings. The van der Waals surface area contributed by atoms with Crippen LogP contribution in [-0.2, 0) is 16.1 Å². The van der Waals surface area contributed by atoms with Gasteiger partial charge in [0.15, 0.2) is 6.61 Å². The van der Waals surface area contributed by atoms with E-state index in [1.54, 1.807) is 11.8 Å². The molecule has 6 heteroatoms. The van der Waals surface area contributed by atoms with Gasteiger partial charge in [-0.05, 0) is 62.1 Å². The van der Waals surface area contributed by atoms with Gasteiger partial charge in [0.05, 0.1) is 0 Å². The van der Waals surface area contributed by atoms with Crippen molar-refractivity contribution in [1.29, 1.82) is 0 Å². The quantitative estimate of drug-likeness (QED) is 0.603. The Morgan fingerprint density at radius 3 is 2.62 bits per heavy atom. The van der Waals surface area contributed by atoms with Gasteiger partial charge in [-0.15, -0.1) is 0 Å². The monoisotopic (exact) mass is 460 g/mol. The third-order valence-electron chi connectivity index (χ3n) is 4.65. The van der Waals surface area contributed by atoms with Gasteiger partial charge in [0, 0.05) is 17.6 Å². The Hall–Kier alpha value is -2.34. The second kappa shape index (κ2) is 11.0. The molecule has 0 bridgehead atoms. The summed E-state index contributed by atoms with van der Waals surface area (Å²) in [7, 11) is 0. The van der Waals surface area contributed by atoms with E-state index >= 15 is 0 Å². The van der Waals surface area contributed by atoms with Crippen molar-refractivity contribution in [2.24, 2.45) is 0 Å². The van der Waals surface area contributed by atoms with Crippen molar-refractivity contribution >= 4 is 27.7 Å². The average Bonchev–Trinajstić information content (AvgIpc) is 2.70. The highest BCUT2D eigenvalue weighted by Crippen LogP contribution is 2.20. The molecule has 2 aromatic rings. The summed E-state index contributed by atoms with van der Waals surface area (Å²) >= 11 is 3.46. The zero-order valence-corrected chi connectivity index (χ0v) is 19.1. The molecule has 0 fully saturated rings. The Labute approximate surface area is 181 Å². The number of hydrogen-bond acceptors (Lipinski definition) is 3.